The van der Waals surface area contributed by atoms with Gasteiger partial charge in [-0.25, -0.2) is 28.1 Å². The van der Waals surface area contributed by atoms with E-state index < -0.39 is 54.5 Å². The molecule has 5 rings (SSSR count). The first-order valence-electron chi connectivity index (χ1n) is 9.98. The van der Waals surface area contributed by atoms with Crippen LogP contribution >= 0.6 is 0 Å². The van der Waals surface area contributed by atoms with E-state index in [2.05, 4.69) is 24.7 Å². The Morgan fingerprint density at radius 2 is 2.06 bits per heavy atom. The number of benzene rings is 1. The minimum absolute atomic E-state index is 0.0382. The van der Waals surface area contributed by atoms with Gasteiger partial charge >= 0.3 is 6.36 Å². The maximum Gasteiger partial charge on any atom is 0.523 e. The van der Waals surface area contributed by atoms with Gasteiger partial charge < -0.3 is 18.7 Å². The lowest BCUT2D eigenvalue weighted by atomic mass is 10.0. The molecule has 4 aromatic rings. The zero-order valence-electron chi connectivity index (χ0n) is 17.3. The van der Waals surface area contributed by atoms with Crippen LogP contribution in [0.25, 0.3) is 11.1 Å². The van der Waals surface area contributed by atoms with E-state index in [1.165, 1.54) is 12.4 Å². The average Bonchev–Trinajstić information content (AvgIpc) is 3.53. The van der Waals surface area contributed by atoms with Crippen molar-refractivity contribution in [3.05, 3.63) is 65.0 Å². The van der Waals surface area contributed by atoms with Gasteiger partial charge in [0.2, 0.25) is 17.5 Å². The fraction of sp³-hybridized carbons (Fsp3) is 0.300. The quantitative estimate of drug-likeness (QED) is 0.403. The van der Waals surface area contributed by atoms with Gasteiger partial charge in [0.1, 0.15) is 17.9 Å². The first kappa shape index (κ1) is 22.9. The highest BCUT2D eigenvalue weighted by atomic mass is 19.4. The second-order valence-corrected chi connectivity index (χ2v) is 7.44. The molecule has 9 nitrogen and oxygen atoms in total. The maximum atomic E-state index is 13.6. The molecule has 3 aromatic heterocycles. The second kappa shape index (κ2) is 8.41. The van der Waals surface area contributed by atoms with Gasteiger partial charge in [-0.3, -0.25) is 9.53 Å². The van der Waals surface area contributed by atoms with Crippen LogP contribution in [0.5, 0.6) is 0 Å². The molecule has 0 bridgehead atoms. The van der Waals surface area contributed by atoms with E-state index in [0.29, 0.717) is 11.4 Å². The molecule has 1 atom stereocenters. The number of hydrogen-bond acceptors (Lipinski definition) is 7. The highest BCUT2D eigenvalue weighted by molar-refractivity contribution is 5.93. The number of imidazole rings is 1. The molecule has 0 fully saturated rings. The molecule has 1 aromatic carbocycles. The van der Waals surface area contributed by atoms with Gasteiger partial charge in [-0.1, -0.05) is 0 Å². The molecule has 184 valence electrons. The van der Waals surface area contributed by atoms with Gasteiger partial charge in [-0.05, 0) is 12.1 Å². The lowest BCUT2D eigenvalue weighted by Gasteiger charge is -2.32. The molecule has 0 radical (unpaired) electrons. The van der Waals surface area contributed by atoms with E-state index in [1.807, 2.05) is 0 Å². The molecule has 0 saturated carbocycles. The van der Waals surface area contributed by atoms with Crippen molar-refractivity contribution in [2.75, 3.05) is 6.54 Å². The summed E-state index contributed by atoms with van der Waals surface area (Å²) in [6.07, 6.45) is -6.78. The van der Waals surface area contributed by atoms with Crippen LogP contribution in [-0.2, 0) is 17.8 Å². The van der Waals surface area contributed by atoms with Crippen LogP contribution in [0.15, 0.2) is 33.4 Å². The summed E-state index contributed by atoms with van der Waals surface area (Å²) in [5.74, 6) is -3.56. The molecule has 4 heterocycles. The summed E-state index contributed by atoms with van der Waals surface area (Å²) in [4.78, 5) is 29.1. The number of hydrogen-bond donors (Lipinski definition) is 1. The van der Waals surface area contributed by atoms with E-state index in [1.54, 1.807) is 0 Å². The lowest BCUT2D eigenvalue weighted by molar-refractivity contribution is -0.332. The van der Waals surface area contributed by atoms with E-state index in [0.717, 1.165) is 17.0 Å². The number of amides is 1. The van der Waals surface area contributed by atoms with Crippen molar-refractivity contribution in [3.8, 4) is 0 Å². The van der Waals surface area contributed by atoms with Crippen molar-refractivity contribution in [2.24, 2.45) is 0 Å². The number of alkyl halides is 5. The standard InChI is InChI=1S/C20H13F6N5O4/c21-8-1-2-11-10(5-8)29-18(34-11)15-13-9(27-7-28-13)3-4-31(15)19(32)16-14(17(22)23)30-12(35-16)6-33-20(24,25)26/h1-2,5,7,15,17H,3-4,6H2,(H,27,28)/t15-/m0/s1. The number of nitrogens with zero attached hydrogens (tertiary/aromatic N) is 4. The van der Waals surface area contributed by atoms with Gasteiger partial charge in [0.15, 0.2) is 17.3 Å². The summed E-state index contributed by atoms with van der Waals surface area (Å²) >= 11 is 0. The summed E-state index contributed by atoms with van der Waals surface area (Å²) in [6, 6.07) is 2.47. The topological polar surface area (TPSA) is 110 Å². The Labute approximate surface area is 190 Å². The molecule has 1 aliphatic rings. The maximum absolute atomic E-state index is 13.6. The number of halogens is 6. The summed E-state index contributed by atoms with van der Waals surface area (Å²) in [6.45, 7) is -1.34. The Morgan fingerprint density at radius 1 is 1.26 bits per heavy atom. The van der Waals surface area contributed by atoms with Gasteiger partial charge in [0, 0.05) is 24.7 Å². The molecule has 1 N–H and O–H groups in total. The van der Waals surface area contributed by atoms with Crippen LogP contribution in [0.1, 0.15) is 51.9 Å². The van der Waals surface area contributed by atoms with E-state index >= 15 is 0 Å². The number of ether oxygens (including phenoxy) is 1. The lowest BCUT2D eigenvalue weighted by Crippen LogP contribution is -2.41. The summed E-state index contributed by atoms with van der Waals surface area (Å²) in [5, 5.41) is 0. The third-order valence-electron chi connectivity index (χ3n) is 5.24. The van der Waals surface area contributed by atoms with Crippen LogP contribution in [0.4, 0.5) is 26.3 Å². The van der Waals surface area contributed by atoms with Crippen molar-refractivity contribution in [3.63, 3.8) is 0 Å². The average molecular weight is 501 g/mol. The molecule has 0 unspecified atom stereocenters. The zero-order valence-corrected chi connectivity index (χ0v) is 17.3. The number of aromatic amines is 1. The fourth-order valence-corrected chi connectivity index (χ4v) is 3.80. The van der Waals surface area contributed by atoms with Crippen LogP contribution < -0.4 is 0 Å². The predicted molar refractivity (Wildman–Crippen MR) is 101 cm³/mol. The van der Waals surface area contributed by atoms with Gasteiger partial charge in [-0.2, -0.15) is 0 Å². The molecule has 0 aliphatic carbocycles. The number of carbonyl (C=O) groups excluding carboxylic acids is 1. The summed E-state index contributed by atoms with van der Waals surface area (Å²) < 4.78 is 92.1. The normalized spacial score (nSPS) is 16.3. The van der Waals surface area contributed by atoms with Crippen molar-refractivity contribution < 1.29 is 44.7 Å². The summed E-state index contributed by atoms with van der Waals surface area (Å²) in [5.41, 5.74) is 0.140. The fourth-order valence-electron chi connectivity index (χ4n) is 3.80. The largest absolute Gasteiger partial charge is 0.523 e. The van der Waals surface area contributed by atoms with E-state index in [9.17, 15) is 31.1 Å². The third-order valence-corrected chi connectivity index (χ3v) is 5.24. The third kappa shape index (κ3) is 4.34. The molecule has 1 aliphatic heterocycles. The minimum Gasteiger partial charge on any atom is -0.438 e. The van der Waals surface area contributed by atoms with Gasteiger partial charge in [0.25, 0.3) is 12.3 Å². The molecular formula is C20H13F6N5O4. The monoisotopic (exact) mass is 501 g/mol. The molecule has 0 spiro atoms. The number of carbonyl (C=O) groups is 1. The molecular weight excluding hydrogens is 488 g/mol. The van der Waals surface area contributed by atoms with Gasteiger partial charge in [0.05, 0.1) is 12.0 Å². The predicted octanol–water partition coefficient (Wildman–Crippen LogP) is 4.44. The Balaban J connectivity index is 1.54. The second-order valence-electron chi connectivity index (χ2n) is 7.44. The molecule has 0 saturated heterocycles. The number of fused-ring (bicyclic) bond motifs is 2. The highest BCUT2D eigenvalue weighted by Gasteiger charge is 2.41. The van der Waals surface area contributed by atoms with Crippen molar-refractivity contribution in [1.82, 2.24) is 24.8 Å². The van der Waals surface area contributed by atoms with E-state index in [4.69, 9.17) is 8.83 Å². The SMILES string of the molecule is O=C(c1oc(COC(F)(F)F)nc1C(F)F)N1CCc2[nH]cnc2[C@H]1c1nc2cc(F)ccc2o1. The number of rotatable bonds is 5. The number of H-pyrrole nitrogens is 1. The molecule has 35 heavy (non-hydrogen) atoms. The molecule has 15 heteroatoms. The van der Waals surface area contributed by atoms with Gasteiger partial charge in [-0.15, -0.1) is 13.2 Å². The van der Waals surface area contributed by atoms with Crippen LogP contribution in [0.3, 0.4) is 0 Å². The van der Waals surface area contributed by atoms with Crippen molar-refractivity contribution in [1.29, 1.82) is 0 Å². The van der Waals surface area contributed by atoms with Crippen LogP contribution in [0.2, 0.25) is 0 Å². The summed E-state index contributed by atoms with van der Waals surface area (Å²) in [7, 11) is 0. The molecule has 1 amide bonds. The highest BCUT2D eigenvalue weighted by Crippen LogP contribution is 2.37. The minimum atomic E-state index is -5.07. The first-order chi connectivity index (χ1) is 16.6. The Bertz CT molecular complexity index is 1390. The Hall–Kier alpha value is -3.88. The Morgan fingerprint density at radius 3 is 2.80 bits per heavy atom. The first-order valence-corrected chi connectivity index (χ1v) is 9.98. The van der Waals surface area contributed by atoms with Crippen LogP contribution in [-0.4, -0.2) is 43.7 Å². The number of aromatic nitrogens is 4. The van der Waals surface area contributed by atoms with Crippen LogP contribution in [0, 0.1) is 5.82 Å². The Kier molecular flexibility index (Phi) is 5.50. The van der Waals surface area contributed by atoms with Crippen molar-refractivity contribution >= 4 is 17.0 Å². The number of oxazole rings is 2. The zero-order chi connectivity index (χ0) is 24.9. The van der Waals surface area contributed by atoms with E-state index in [-0.39, 0.29) is 30.0 Å². The number of nitrogens with one attached hydrogen (secondary N) is 1. The smallest absolute Gasteiger partial charge is 0.438 e. The van der Waals surface area contributed by atoms with Crippen molar-refractivity contribution in [2.45, 2.75) is 31.9 Å².